The van der Waals surface area contributed by atoms with Crippen LogP contribution in [0.3, 0.4) is 0 Å². The van der Waals surface area contributed by atoms with Gasteiger partial charge in [0.2, 0.25) is 0 Å². The normalized spacial score (nSPS) is 18.6. The molecule has 0 bridgehead atoms. The highest BCUT2D eigenvalue weighted by atomic mass is 16.5. The predicted molar refractivity (Wildman–Crippen MR) is 138 cm³/mol. The number of benzene rings is 2. The molecule has 2 heterocycles. The minimum atomic E-state index is -1.10. The van der Waals surface area contributed by atoms with E-state index >= 15 is 0 Å². The molecule has 0 saturated carbocycles. The number of rotatable bonds is 11. The number of nitrogens with zero attached hydrogens (tertiary/aromatic N) is 3. The molecule has 1 fully saturated rings. The summed E-state index contributed by atoms with van der Waals surface area (Å²) in [5, 5.41) is 11.3. The summed E-state index contributed by atoms with van der Waals surface area (Å²) in [6.07, 6.45) is 4.67. The van der Waals surface area contributed by atoms with E-state index in [0.29, 0.717) is 44.3 Å². The largest absolute Gasteiger partial charge is 0.493 e. The Labute approximate surface area is 213 Å². The Hall–Kier alpha value is -3.07. The van der Waals surface area contributed by atoms with Crippen LogP contribution in [0, 0.1) is 6.92 Å². The molecule has 194 valence electrons. The van der Waals surface area contributed by atoms with Crippen molar-refractivity contribution < 1.29 is 24.1 Å². The molecular weight excluding hydrogens is 458 g/mol. The van der Waals surface area contributed by atoms with Crippen molar-refractivity contribution in [1.29, 1.82) is 0 Å². The summed E-state index contributed by atoms with van der Waals surface area (Å²) in [6.45, 7) is 8.11. The molecule has 1 unspecified atom stereocenters. The van der Waals surface area contributed by atoms with Gasteiger partial charge in [-0.25, -0.2) is 4.98 Å². The van der Waals surface area contributed by atoms with Crippen LogP contribution < -0.4 is 14.2 Å². The monoisotopic (exact) mass is 495 g/mol. The average Bonchev–Trinajstić information content (AvgIpc) is 3.25. The van der Waals surface area contributed by atoms with Crippen LogP contribution in [0.1, 0.15) is 23.9 Å². The lowest BCUT2D eigenvalue weighted by Gasteiger charge is -2.30. The first-order valence-corrected chi connectivity index (χ1v) is 12.5. The van der Waals surface area contributed by atoms with E-state index in [2.05, 4.69) is 21.4 Å². The SMILES string of the molecule is CCc1nccn1CCOc1cc(CN2CCOCC(O)(COc3cccc(C)c3)C2)ccc1OC. The molecule has 1 N–H and O–H groups in total. The first kappa shape index (κ1) is 26.0. The molecule has 0 aliphatic carbocycles. The molecule has 3 aromatic rings. The molecule has 1 aliphatic heterocycles. The Morgan fingerprint density at radius 1 is 1.14 bits per heavy atom. The lowest BCUT2D eigenvalue weighted by Crippen LogP contribution is -2.48. The summed E-state index contributed by atoms with van der Waals surface area (Å²) in [5.74, 6) is 3.19. The number of methoxy groups -OCH3 is 1. The molecule has 36 heavy (non-hydrogen) atoms. The van der Waals surface area contributed by atoms with Gasteiger partial charge in [-0.05, 0) is 42.3 Å². The highest BCUT2D eigenvalue weighted by Crippen LogP contribution is 2.29. The number of hydrogen-bond donors (Lipinski definition) is 1. The van der Waals surface area contributed by atoms with E-state index in [9.17, 15) is 5.11 Å². The minimum Gasteiger partial charge on any atom is -0.493 e. The third-order valence-corrected chi connectivity index (χ3v) is 6.28. The zero-order chi connectivity index (χ0) is 25.4. The van der Waals surface area contributed by atoms with Gasteiger partial charge >= 0.3 is 0 Å². The third-order valence-electron chi connectivity index (χ3n) is 6.28. The maximum atomic E-state index is 11.3. The number of aromatic nitrogens is 2. The maximum absolute atomic E-state index is 11.3. The molecule has 1 aromatic heterocycles. The second-order valence-electron chi connectivity index (χ2n) is 9.32. The van der Waals surface area contributed by atoms with Crippen LogP contribution in [-0.4, -0.2) is 71.8 Å². The first-order valence-electron chi connectivity index (χ1n) is 12.5. The van der Waals surface area contributed by atoms with E-state index < -0.39 is 5.60 Å². The van der Waals surface area contributed by atoms with Gasteiger partial charge in [0, 0.05) is 38.4 Å². The standard InChI is InChI=1S/C28H37N3O5/c1-4-27-29-10-11-31(27)13-15-35-26-17-23(8-9-25(26)33-3)18-30-12-14-34-20-28(32,19-30)21-36-24-7-5-6-22(2)16-24/h5-11,16-17,32H,4,12-15,18-21H2,1-3H3. The van der Waals surface area contributed by atoms with E-state index in [1.54, 1.807) is 7.11 Å². The van der Waals surface area contributed by atoms with E-state index in [1.807, 2.05) is 61.8 Å². The van der Waals surface area contributed by atoms with E-state index in [0.717, 1.165) is 35.7 Å². The Morgan fingerprint density at radius 3 is 2.83 bits per heavy atom. The summed E-state index contributed by atoms with van der Waals surface area (Å²) in [7, 11) is 1.65. The number of aryl methyl sites for hydroxylation is 2. The van der Waals surface area contributed by atoms with Gasteiger partial charge in [-0.15, -0.1) is 0 Å². The molecule has 1 saturated heterocycles. The molecule has 1 atom stereocenters. The number of hydrogen-bond acceptors (Lipinski definition) is 7. The van der Waals surface area contributed by atoms with E-state index in [-0.39, 0.29) is 13.2 Å². The smallest absolute Gasteiger partial charge is 0.161 e. The van der Waals surface area contributed by atoms with Crippen molar-refractivity contribution in [2.45, 2.75) is 39.0 Å². The summed E-state index contributed by atoms with van der Waals surface area (Å²) >= 11 is 0. The van der Waals surface area contributed by atoms with Gasteiger partial charge in [-0.1, -0.05) is 25.1 Å². The van der Waals surface area contributed by atoms with Crippen LogP contribution >= 0.6 is 0 Å². The van der Waals surface area contributed by atoms with Crippen LogP contribution in [0.2, 0.25) is 0 Å². The lowest BCUT2D eigenvalue weighted by atomic mass is 10.1. The Kier molecular flexibility index (Phi) is 8.85. The zero-order valence-corrected chi connectivity index (χ0v) is 21.5. The topological polar surface area (TPSA) is 78.2 Å². The molecule has 1 aliphatic rings. The second kappa shape index (κ2) is 12.3. The molecule has 2 aromatic carbocycles. The summed E-state index contributed by atoms with van der Waals surface area (Å²) in [5.41, 5.74) is 1.09. The van der Waals surface area contributed by atoms with Crippen LogP contribution in [0.25, 0.3) is 0 Å². The van der Waals surface area contributed by atoms with Crippen molar-refractivity contribution >= 4 is 0 Å². The highest BCUT2D eigenvalue weighted by Gasteiger charge is 2.33. The van der Waals surface area contributed by atoms with Crippen molar-refractivity contribution in [2.75, 3.05) is 46.6 Å². The van der Waals surface area contributed by atoms with Gasteiger partial charge in [0.1, 0.15) is 30.4 Å². The molecule has 0 radical (unpaired) electrons. The number of imidazole rings is 1. The van der Waals surface area contributed by atoms with Crippen LogP contribution in [-0.2, 0) is 24.2 Å². The molecule has 8 heteroatoms. The van der Waals surface area contributed by atoms with Gasteiger partial charge < -0.3 is 28.6 Å². The van der Waals surface area contributed by atoms with Crippen molar-refractivity contribution in [1.82, 2.24) is 14.5 Å². The number of ether oxygens (including phenoxy) is 4. The predicted octanol–water partition coefficient (Wildman–Crippen LogP) is 3.48. The average molecular weight is 496 g/mol. The summed E-state index contributed by atoms with van der Waals surface area (Å²) in [4.78, 5) is 6.56. The Balaban J connectivity index is 1.38. The summed E-state index contributed by atoms with van der Waals surface area (Å²) in [6, 6.07) is 13.8. The van der Waals surface area contributed by atoms with Gasteiger partial charge in [0.05, 0.1) is 26.9 Å². The van der Waals surface area contributed by atoms with Crippen molar-refractivity contribution in [3.8, 4) is 17.2 Å². The Morgan fingerprint density at radius 2 is 2.03 bits per heavy atom. The molecule has 8 nitrogen and oxygen atoms in total. The summed E-state index contributed by atoms with van der Waals surface area (Å²) < 4.78 is 25.4. The highest BCUT2D eigenvalue weighted by molar-refractivity contribution is 5.43. The first-order chi connectivity index (χ1) is 17.5. The van der Waals surface area contributed by atoms with Gasteiger partial charge in [-0.3, -0.25) is 4.90 Å². The van der Waals surface area contributed by atoms with E-state index in [1.165, 1.54) is 0 Å². The molecular formula is C28H37N3O5. The second-order valence-corrected chi connectivity index (χ2v) is 9.32. The fraction of sp³-hybridized carbons (Fsp3) is 0.464. The molecule has 0 spiro atoms. The number of β-amino-alcohol motifs (C(OH)–C–C–N with tert-alkyl or cyclic N) is 1. The fourth-order valence-corrected chi connectivity index (χ4v) is 4.44. The fourth-order valence-electron chi connectivity index (χ4n) is 4.44. The molecule has 4 rings (SSSR count). The quantitative estimate of drug-likeness (QED) is 0.436. The Bertz CT molecular complexity index is 1120. The van der Waals surface area contributed by atoms with Crippen LogP contribution in [0.15, 0.2) is 54.9 Å². The van der Waals surface area contributed by atoms with Crippen molar-refractivity contribution in [3.63, 3.8) is 0 Å². The maximum Gasteiger partial charge on any atom is 0.161 e. The van der Waals surface area contributed by atoms with Crippen LogP contribution in [0.5, 0.6) is 17.2 Å². The number of aliphatic hydroxyl groups is 1. The van der Waals surface area contributed by atoms with Crippen LogP contribution in [0.4, 0.5) is 0 Å². The third kappa shape index (κ3) is 7.00. The van der Waals surface area contributed by atoms with Crippen molar-refractivity contribution in [3.05, 3.63) is 71.8 Å². The molecule has 0 amide bonds. The van der Waals surface area contributed by atoms with Gasteiger partial charge in [-0.2, -0.15) is 0 Å². The van der Waals surface area contributed by atoms with Gasteiger partial charge in [0.25, 0.3) is 0 Å². The van der Waals surface area contributed by atoms with Gasteiger partial charge in [0.15, 0.2) is 11.5 Å². The zero-order valence-electron chi connectivity index (χ0n) is 21.5. The minimum absolute atomic E-state index is 0.165. The van der Waals surface area contributed by atoms with Crippen molar-refractivity contribution in [2.24, 2.45) is 0 Å². The van der Waals surface area contributed by atoms with E-state index in [4.69, 9.17) is 18.9 Å². The lowest BCUT2D eigenvalue weighted by molar-refractivity contribution is -0.0646.